The highest BCUT2D eigenvalue weighted by Crippen LogP contribution is 2.33. The van der Waals surface area contributed by atoms with Crippen molar-refractivity contribution in [2.24, 2.45) is 5.84 Å². The number of hydrazine groups is 1. The second-order valence-electron chi connectivity index (χ2n) is 7.14. The number of nitrogens with one attached hydrogen (secondary N) is 1. The number of hydrogen-bond acceptors (Lipinski definition) is 5. The van der Waals surface area contributed by atoms with Gasteiger partial charge in [-0.3, -0.25) is 9.78 Å². The number of aromatic nitrogens is 1. The summed E-state index contributed by atoms with van der Waals surface area (Å²) in [6.07, 6.45) is 2.72. The van der Waals surface area contributed by atoms with Gasteiger partial charge in [0.25, 0.3) is 5.91 Å². The second-order valence-corrected chi connectivity index (χ2v) is 9.40. The lowest BCUT2D eigenvalue weighted by Crippen LogP contribution is -2.36. The van der Waals surface area contributed by atoms with Gasteiger partial charge in [-0.2, -0.15) is 0 Å². The molecule has 0 saturated heterocycles. The number of rotatable bonds is 5. The van der Waals surface area contributed by atoms with E-state index in [0.717, 1.165) is 22.7 Å². The molecule has 0 fully saturated rings. The summed E-state index contributed by atoms with van der Waals surface area (Å²) in [5, 5.41) is 5.33. The molecule has 0 aliphatic carbocycles. The van der Waals surface area contributed by atoms with E-state index in [1.807, 2.05) is 30.3 Å². The fourth-order valence-electron chi connectivity index (χ4n) is 3.27. The first-order valence-electron chi connectivity index (χ1n) is 9.54. The molecule has 0 bridgehead atoms. The number of sulfonamides is 1. The summed E-state index contributed by atoms with van der Waals surface area (Å²) in [4.78, 5) is 17.2. The molecule has 32 heavy (non-hydrogen) atoms. The molecule has 3 aromatic carbocycles. The van der Waals surface area contributed by atoms with E-state index >= 15 is 0 Å². The van der Waals surface area contributed by atoms with E-state index in [9.17, 15) is 13.2 Å². The molecule has 1 heterocycles. The van der Waals surface area contributed by atoms with E-state index in [4.69, 9.17) is 17.4 Å². The van der Waals surface area contributed by atoms with Crippen molar-refractivity contribution in [1.82, 2.24) is 4.98 Å². The van der Waals surface area contributed by atoms with Crippen LogP contribution in [0.25, 0.3) is 22.0 Å². The zero-order valence-electron chi connectivity index (χ0n) is 17.0. The van der Waals surface area contributed by atoms with Crippen molar-refractivity contribution in [1.29, 1.82) is 0 Å². The van der Waals surface area contributed by atoms with Crippen LogP contribution in [0.15, 0.2) is 79.0 Å². The van der Waals surface area contributed by atoms with Gasteiger partial charge in [0.2, 0.25) is 10.0 Å². The lowest BCUT2D eigenvalue weighted by Gasteiger charge is -2.16. The molecule has 0 spiro atoms. The largest absolute Gasteiger partial charge is 0.322 e. The molecule has 162 valence electrons. The van der Waals surface area contributed by atoms with Crippen LogP contribution < -0.4 is 15.6 Å². The number of halogens is 1. The first-order chi connectivity index (χ1) is 15.2. The van der Waals surface area contributed by atoms with Crippen molar-refractivity contribution in [3.8, 4) is 11.3 Å². The van der Waals surface area contributed by atoms with Gasteiger partial charge in [0, 0.05) is 28.4 Å². The molecule has 0 aliphatic rings. The average Bonchev–Trinajstić information content (AvgIpc) is 2.79. The molecule has 7 nitrogen and oxygen atoms in total. The van der Waals surface area contributed by atoms with Crippen LogP contribution in [0.5, 0.6) is 0 Å². The first kappa shape index (κ1) is 21.8. The van der Waals surface area contributed by atoms with Gasteiger partial charge < -0.3 is 5.32 Å². The second kappa shape index (κ2) is 8.58. The maximum absolute atomic E-state index is 12.7. The molecule has 4 aromatic rings. The van der Waals surface area contributed by atoms with Gasteiger partial charge in [0.15, 0.2) is 0 Å². The molecule has 1 amide bonds. The predicted molar refractivity (Wildman–Crippen MR) is 128 cm³/mol. The normalized spacial score (nSPS) is 11.3. The van der Waals surface area contributed by atoms with E-state index in [-0.39, 0.29) is 11.6 Å². The quantitative estimate of drug-likeness (QED) is 0.334. The van der Waals surface area contributed by atoms with Crippen LogP contribution in [0.2, 0.25) is 5.02 Å². The Bertz CT molecular complexity index is 1420. The standard InChI is InChI=1S/C23H19ClN4O3S/c1-32(30,31)28(25)18-9-6-16(7-10-18)23(29)27-17-8-11-21(24)20(14-17)22-19-5-3-2-4-15(19)12-13-26-22/h2-14H,25H2,1H3,(H,27,29). The number of hydrogen-bond donors (Lipinski definition) is 2. The predicted octanol–water partition coefficient (Wildman–Crippen LogP) is 4.45. The minimum absolute atomic E-state index is 0.250. The molecule has 4 rings (SSSR count). The fraction of sp³-hybridized carbons (Fsp3) is 0.0435. The van der Waals surface area contributed by atoms with Crippen LogP contribution in [0, 0.1) is 0 Å². The highest BCUT2D eigenvalue weighted by Gasteiger charge is 2.15. The summed E-state index contributed by atoms with van der Waals surface area (Å²) in [6, 6.07) is 20.9. The van der Waals surface area contributed by atoms with Crippen LogP contribution in [0.1, 0.15) is 10.4 Å². The number of benzene rings is 3. The Kier molecular flexibility index (Phi) is 5.84. The number of pyridine rings is 1. The third kappa shape index (κ3) is 4.43. The summed E-state index contributed by atoms with van der Waals surface area (Å²) >= 11 is 6.45. The van der Waals surface area contributed by atoms with Crippen LogP contribution in [-0.2, 0) is 10.0 Å². The van der Waals surface area contributed by atoms with E-state index in [0.29, 0.717) is 26.3 Å². The number of nitrogens with zero attached hydrogens (tertiary/aromatic N) is 2. The summed E-state index contributed by atoms with van der Waals surface area (Å²) < 4.78 is 23.8. The Hall–Kier alpha value is -3.46. The molecular formula is C23H19ClN4O3S. The Morgan fingerprint density at radius 1 is 1.03 bits per heavy atom. The van der Waals surface area contributed by atoms with Crippen molar-refractivity contribution in [3.63, 3.8) is 0 Å². The van der Waals surface area contributed by atoms with Crippen molar-refractivity contribution in [2.75, 3.05) is 16.0 Å². The molecular weight excluding hydrogens is 448 g/mol. The van der Waals surface area contributed by atoms with E-state index in [2.05, 4.69) is 10.3 Å². The molecule has 9 heteroatoms. The SMILES string of the molecule is CS(=O)(=O)N(N)c1ccc(C(=O)Nc2ccc(Cl)c(-c3nccc4ccccc34)c2)cc1. The van der Waals surface area contributed by atoms with Crippen molar-refractivity contribution < 1.29 is 13.2 Å². The van der Waals surface area contributed by atoms with Crippen molar-refractivity contribution in [3.05, 3.63) is 89.6 Å². The van der Waals surface area contributed by atoms with E-state index < -0.39 is 10.0 Å². The molecule has 0 unspecified atom stereocenters. The first-order valence-corrected chi connectivity index (χ1v) is 11.8. The third-order valence-electron chi connectivity index (χ3n) is 4.89. The molecule has 3 N–H and O–H groups in total. The zero-order chi connectivity index (χ0) is 22.9. The van der Waals surface area contributed by atoms with Crippen LogP contribution in [-0.4, -0.2) is 25.6 Å². The number of nitrogens with two attached hydrogens (primary N) is 1. The van der Waals surface area contributed by atoms with Gasteiger partial charge in [-0.1, -0.05) is 35.9 Å². The summed E-state index contributed by atoms with van der Waals surface area (Å²) in [5.74, 6) is 5.21. The maximum Gasteiger partial charge on any atom is 0.255 e. The topological polar surface area (TPSA) is 105 Å². The molecule has 0 radical (unpaired) electrons. The van der Waals surface area contributed by atoms with Gasteiger partial charge in [0.05, 0.1) is 22.7 Å². The molecule has 0 saturated carbocycles. The van der Waals surface area contributed by atoms with Crippen molar-refractivity contribution in [2.45, 2.75) is 0 Å². The van der Waals surface area contributed by atoms with Crippen LogP contribution >= 0.6 is 11.6 Å². The molecule has 0 aliphatic heterocycles. The monoisotopic (exact) mass is 466 g/mol. The number of fused-ring (bicyclic) bond motifs is 1. The van der Waals surface area contributed by atoms with Crippen LogP contribution in [0.3, 0.4) is 0 Å². The van der Waals surface area contributed by atoms with Gasteiger partial charge in [-0.05, 0) is 53.9 Å². The number of carbonyl (C=O) groups excluding carboxylic acids is 1. The Morgan fingerprint density at radius 2 is 1.75 bits per heavy atom. The minimum Gasteiger partial charge on any atom is -0.322 e. The Labute approximate surface area is 190 Å². The van der Waals surface area contributed by atoms with Crippen LogP contribution in [0.4, 0.5) is 11.4 Å². The Morgan fingerprint density at radius 3 is 2.47 bits per heavy atom. The summed E-state index contributed by atoms with van der Waals surface area (Å²) in [5.41, 5.74) is 2.56. The lowest BCUT2D eigenvalue weighted by molar-refractivity contribution is 0.102. The van der Waals surface area contributed by atoms with Gasteiger partial charge >= 0.3 is 0 Å². The zero-order valence-corrected chi connectivity index (χ0v) is 18.6. The summed E-state index contributed by atoms with van der Waals surface area (Å²) in [7, 11) is -3.60. The smallest absolute Gasteiger partial charge is 0.255 e. The fourth-order valence-corrected chi connectivity index (χ4v) is 3.98. The highest BCUT2D eigenvalue weighted by molar-refractivity contribution is 7.92. The number of amides is 1. The number of carbonyl (C=O) groups is 1. The number of anilines is 2. The van der Waals surface area contributed by atoms with Gasteiger partial charge in [0.1, 0.15) is 0 Å². The lowest BCUT2D eigenvalue weighted by atomic mass is 10.0. The third-order valence-corrected chi connectivity index (χ3v) is 6.15. The summed E-state index contributed by atoms with van der Waals surface area (Å²) in [6.45, 7) is 0. The van der Waals surface area contributed by atoms with E-state index in [1.54, 1.807) is 24.4 Å². The Balaban J connectivity index is 1.61. The minimum atomic E-state index is -3.60. The molecule has 0 atom stereocenters. The van der Waals surface area contributed by atoms with Crippen molar-refractivity contribution >= 4 is 49.7 Å². The van der Waals surface area contributed by atoms with E-state index in [1.165, 1.54) is 24.3 Å². The molecule has 1 aromatic heterocycles. The average molecular weight is 467 g/mol. The van der Waals surface area contributed by atoms with Gasteiger partial charge in [-0.15, -0.1) is 0 Å². The highest BCUT2D eigenvalue weighted by atomic mass is 35.5. The maximum atomic E-state index is 12.7. The van der Waals surface area contributed by atoms with Gasteiger partial charge in [-0.25, -0.2) is 18.7 Å².